The monoisotopic (exact) mass is 276 g/mol. The number of esters is 1. The predicted molar refractivity (Wildman–Crippen MR) is 65.5 cm³/mol. The van der Waals surface area contributed by atoms with Gasteiger partial charge in [0.2, 0.25) is 0 Å². The van der Waals surface area contributed by atoms with Gasteiger partial charge in [-0.1, -0.05) is 0 Å². The normalized spacial score (nSPS) is 11.5. The van der Waals surface area contributed by atoms with Crippen LogP contribution in [0.3, 0.4) is 0 Å². The van der Waals surface area contributed by atoms with Crippen molar-refractivity contribution >= 4 is 18.0 Å². The molecule has 0 aromatic carbocycles. The van der Waals surface area contributed by atoms with E-state index in [9.17, 15) is 14.4 Å². The third-order valence-electron chi connectivity index (χ3n) is 2.43. The van der Waals surface area contributed by atoms with Crippen LogP contribution in [-0.2, 0) is 14.3 Å². The van der Waals surface area contributed by atoms with Crippen molar-refractivity contribution in [2.75, 3.05) is 27.2 Å². The van der Waals surface area contributed by atoms with E-state index in [1.165, 1.54) is 12.0 Å². The zero-order chi connectivity index (χ0) is 14.8. The zero-order valence-corrected chi connectivity index (χ0v) is 11.1. The maximum atomic E-state index is 11.5. The summed E-state index contributed by atoms with van der Waals surface area (Å²) in [6.45, 7) is 0.441. The third-order valence-corrected chi connectivity index (χ3v) is 2.43. The van der Waals surface area contributed by atoms with E-state index >= 15 is 0 Å². The number of aliphatic hydroxyl groups excluding tert-OH is 1. The molecule has 0 saturated heterocycles. The highest BCUT2D eigenvalue weighted by molar-refractivity contribution is 5.74. The number of hydrogen-bond acceptors (Lipinski definition) is 5. The number of carboxylic acids is 1. The first-order valence-corrected chi connectivity index (χ1v) is 5.85. The largest absolute Gasteiger partial charge is 0.479 e. The molecule has 110 valence electrons. The van der Waals surface area contributed by atoms with Crippen molar-refractivity contribution in [3.63, 3.8) is 0 Å². The molecule has 0 bridgehead atoms. The van der Waals surface area contributed by atoms with Crippen molar-refractivity contribution in [2.45, 2.75) is 25.4 Å². The second-order valence-electron chi connectivity index (χ2n) is 3.98. The summed E-state index contributed by atoms with van der Waals surface area (Å²) in [4.78, 5) is 34.1. The Morgan fingerprint density at radius 3 is 2.53 bits per heavy atom. The lowest BCUT2D eigenvalue weighted by Gasteiger charge is -2.17. The van der Waals surface area contributed by atoms with Gasteiger partial charge in [0.25, 0.3) is 0 Å². The Morgan fingerprint density at radius 1 is 1.37 bits per heavy atom. The fourth-order valence-electron chi connectivity index (χ4n) is 1.24. The molecule has 8 heteroatoms. The fourth-order valence-corrected chi connectivity index (χ4v) is 1.24. The van der Waals surface area contributed by atoms with E-state index in [0.29, 0.717) is 13.0 Å². The molecular weight excluding hydrogens is 256 g/mol. The van der Waals surface area contributed by atoms with Gasteiger partial charge in [0.05, 0.1) is 7.11 Å². The predicted octanol–water partition coefficient (Wildman–Crippen LogP) is -0.583. The molecule has 0 aromatic heterocycles. The van der Waals surface area contributed by atoms with E-state index in [1.807, 2.05) is 0 Å². The number of carboxylic acid groups (broad SMARTS) is 1. The lowest BCUT2D eigenvalue weighted by molar-refractivity contribution is -0.146. The smallest absolute Gasteiger partial charge is 0.332 e. The number of rotatable bonds is 8. The molecule has 3 N–H and O–H groups in total. The minimum atomic E-state index is -1.48. The van der Waals surface area contributed by atoms with Crippen LogP contribution in [0.25, 0.3) is 0 Å². The van der Waals surface area contributed by atoms with Crippen molar-refractivity contribution in [3.05, 3.63) is 0 Å². The number of nitrogens with zero attached hydrogens (tertiary/aromatic N) is 1. The fraction of sp³-hybridized carbons (Fsp3) is 0.727. The number of urea groups is 1. The van der Waals surface area contributed by atoms with Gasteiger partial charge in [-0.15, -0.1) is 0 Å². The summed E-state index contributed by atoms with van der Waals surface area (Å²) >= 11 is 0. The van der Waals surface area contributed by atoms with Crippen LogP contribution in [0.1, 0.15) is 19.3 Å². The highest BCUT2D eigenvalue weighted by atomic mass is 16.5. The molecule has 0 unspecified atom stereocenters. The summed E-state index contributed by atoms with van der Waals surface area (Å²) in [5.41, 5.74) is 0. The zero-order valence-electron chi connectivity index (χ0n) is 11.1. The number of carbonyl (C=O) groups excluding carboxylic acids is 2. The number of ether oxygens (including phenoxy) is 1. The molecule has 0 spiro atoms. The van der Waals surface area contributed by atoms with E-state index in [4.69, 9.17) is 10.2 Å². The molecule has 0 radical (unpaired) electrons. The highest BCUT2D eigenvalue weighted by Crippen LogP contribution is 1.96. The van der Waals surface area contributed by atoms with Crippen LogP contribution in [0.2, 0.25) is 0 Å². The molecule has 0 heterocycles. The molecule has 0 saturated carbocycles. The van der Waals surface area contributed by atoms with E-state index in [0.717, 1.165) is 0 Å². The molecule has 0 aromatic rings. The summed E-state index contributed by atoms with van der Waals surface area (Å²) in [6.07, 6.45) is -0.831. The molecule has 0 rings (SSSR count). The maximum Gasteiger partial charge on any atom is 0.332 e. The Bertz CT molecular complexity index is 320. The average molecular weight is 276 g/mol. The summed E-state index contributed by atoms with van der Waals surface area (Å²) < 4.78 is 4.46. The lowest BCUT2D eigenvalue weighted by Crippen LogP contribution is -2.39. The van der Waals surface area contributed by atoms with Gasteiger partial charge in [0.15, 0.2) is 6.10 Å². The van der Waals surface area contributed by atoms with Crippen LogP contribution < -0.4 is 5.32 Å². The van der Waals surface area contributed by atoms with Gasteiger partial charge in [-0.05, 0) is 6.42 Å². The molecular formula is C11H20N2O6. The summed E-state index contributed by atoms with van der Waals surface area (Å²) in [5, 5.41) is 19.9. The van der Waals surface area contributed by atoms with E-state index < -0.39 is 12.1 Å². The van der Waals surface area contributed by atoms with Gasteiger partial charge in [0, 0.05) is 33.0 Å². The lowest BCUT2D eigenvalue weighted by atomic mass is 10.2. The molecule has 0 aliphatic carbocycles. The average Bonchev–Trinajstić information content (AvgIpc) is 2.37. The van der Waals surface area contributed by atoms with Crippen molar-refractivity contribution in [2.24, 2.45) is 0 Å². The Hall–Kier alpha value is -1.83. The highest BCUT2D eigenvalue weighted by Gasteiger charge is 2.14. The molecule has 0 fully saturated rings. The molecule has 2 amide bonds. The van der Waals surface area contributed by atoms with Crippen LogP contribution in [0, 0.1) is 0 Å². The number of hydrogen-bond donors (Lipinski definition) is 3. The minimum absolute atomic E-state index is 0.0585. The van der Waals surface area contributed by atoms with Crippen LogP contribution in [0.15, 0.2) is 0 Å². The summed E-state index contributed by atoms with van der Waals surface area (Å²) in [5.74, 6) is -1.65. The standard InChI is InChI=1S/C11H20N2O6/c1-13(7-3-4-9(15)19-2)11(18)12-6-5-8(14)10(16)17/h8,14H,3-7H2,1-2H3,(H,12,18)(H,16,17)/t8-/m0/s1. The van der Waals surface area contributed by atoms with Crippen LogP contribution >= 0.6 is 0 Å². The quantitative estimate of drug-likeness (QED) is 0.511. The van der Waals surface area contributed by atoms with Crippen molar-refractivity contribution < 1.29 is 29.3 Å². The first-order chi connectivity index (χ1) is 8.88. The number of aliphatic carboxylic acids is 1. The first kappa shape index (κ1) is 17.2. The summed E-state index contributed by atoms with van der Waals surface area (Å²) in [6, 6.07) is -0.387. The number of carbonyl (C=O) groups is 3. The Kier molecular flexibility index (Phi) is 8.27. The van der Waals surface area contributed by atoms with Crippen LogP contribution in [-0.4, -0.2) is 66.4 Å². The number of nitrogens with one attached hydrogen (secondary N) is 1. The van der Waals surface area contributed by atoms with Crippen LogP contribution in [0.5, 0.6) is 0 Å². The SMILES string of the molecule is COC(=O)CCCN(C)C(=O)NCC[C@H](O)C(=O)O. The second-order valence-corrected chi connectivity index (χ2v) is 3.98. The van der Waals surface area contributed by atoms with Gasteiger partial charge in [-0.25, -0.2) is 9.59 Å². The Morgan fingerprint density at radius 2 is 2.00 bits per heavy atom. The van der Waals surface area contributed by atoms with Gasteiger partial charge in [-0.3, -0.25) is 4.79 Å². The van der Waals surface area contributed by atoms with Gasteiger partial charge in [0.1, 0.15) is 0 Å². The first-order valence-electron chi connectivity index (χ1n) is 5.85. The molecule has 0 aliphatic rings. The Labute approximate surface area is 111 Å². The van der Waals surface area contributed by atoms with Crippen molar-refractivity contribution in [3.8, 4) is 0 Å². The minimum Gasteiger partial charge on any atom is -0.479 e. The molecule has 0 aliphatic heterocycles. The topological polar surface area (TPSA) is 116 Å². The van der Waals surface area contributed by atoms with Gasteiger partial charge >= 0.3 is 18.0 Å². The second kappa shape index (κ2) is 9.15. The Balaban J connectivity index is 3.76. The van der Waals surface area contributed by atoms with E-state index in [-0.39, 0.29) is 31.4 Å². The molecule has 1 atom stereocenters. The number of amides is 2. The third kappa shape index (κ3) is 7.98. The van der Waals surface area contributed by atoms with E-state index in [2.05, 4.69) is 10.1 Å². The number of methoxy groups -OCH3 is 1. The van der Waals surface area contributed by atoms with Crippen molar-refractivity contribution in [1.82, 2.24) is 10.2 Å². The van der Waals surface area contributed by atoms with Crippen LogP contribution in [0.4, 0.5) is 4.79 Å². The van der Waals surface area contributed by atoms with E-state index in [1.54, 1.807) is 7.05 Å². The molecule has 19 heavy (non-hydrogen) atoms. The maximum absolute atomic E-state index is 11.5. The summed E-state index contributed by atoms with van der Waals surface area (Å²) in [7, 11) is 2.85. The van der Waals surface area contributed by atoms with Crippen molar-refractivity contribution in [1.29, 1.82) is 0 Å². The van der Waals surface area contributed by atoms with Gasteiger partial charge < -0.3 is 25.2 Å². The molecule has 8 nitrogen and oxygen atoms in total. The van der Waals surface area contributed by atoms with Gasteiger partial charge in [-0.2, -0.15) is 0 Å². The number of aliphatic hydroxyl groups is 1.